The summed E-state index contributed by atoms with van der Waals surface area (Å²) in [7, 11) is -2.47. The van der Waals surface area contributed by atoms with E-state index in [9.17, 15) is 13.2 Å². The fraction of sp³-hybridized carbons (Fsp3) is 0.381. The standard InChI is InChI=1S/C21H27N3O4S/c1-28-20-10-9-18(29(22,26)27)14-19(20)21(25)23-15-17-8-5-12-24(17)13-11-16-6-3-2-4-7-16/h2-4,6-7,9-10,14,17H,5,8,11-13,15H2,1H3,(H,23,25)(H2,22,26,27)/t17-/m0/s1. The lowest BCUT2D eigenvalue weighted by Gasteiger charge is -2.25. The maximum absolute atomic E-state index is 12.7. The number of amides is 1. The summed E-state index contributed by atoms with van der Waals surface area (Å²) < 4.78 is 28.4. The number of benzene rings is 2. The van der Waals surface area contributed by atoms with Gasteiger partial charge >= 0.3 is 0 Å². The number of nitrogens with two attached hydrogens (primary N) is 1. The third kappa shape index (κ3) is 5.56. The van der Waals surface area contributed by atoms with Crippen molar-refractivity contribution in [3.05, 3.63) is 59.7 Å². The number of ether oxygens (including phenoxy) is 1. The Labute approximate surface area is 171 Å². The van der Waals surface area contributed by atoms with Crippen molar-refractivity contribution in [1.82, 2.24) is 10.2 Å². The van der Waals surface area contributed by atoms with E-state index in [4.69, 9.17) is 9.88 Å². The van der Waals surface area contributed by atoms with E-state index in [0.29, 0.717) is 12.3 Å². The molecule has 0 bridgehead atoms. The molecule has 0 unspecified atom stereocenters. The molecule has 3 rings (SSSR count). The molecule has 3 N–H and O–H groups in total. The Hall–Kier alpha value is -2.42. The summed E-state index contributed by atoms with van der Waals surface area (Å²) >= 11 is 0. The van der Waals surface area contributed by atoms with Crippen molar-refractivity contribution in [2.45, 2.75) is 30.2 Å². The minimum atomic E-state index is -3.90. The predicted molar refractivity (Wildman–Crippen MR) is 111 cm³/mol. The van der Waals surface area contributed by atoms with Crippen molar-refractivity contribution in [2.75, 3.05) is 26.7 Å². The normalized spacial score (nSPS) is 17.2. The molecule has 1 saturated heterocycles. The molecule has 0 aromatic heterocycles. The zero-order valence-corrected chi connectivity index (χ0v) is 17.3. The van der Waals surface area contributed by atoms with E-state index in [2.05, 4.69) is 22.3 Å². The second-order valence-electron chi connectivity index (χ2n) is 7.18. The highest BCUT2D eigenvalue weighted by Gasteiger charge is 2.25. The van der Waals surface area contributed by atoms with Crippen molar-refractivity contribution in [1.29, 1.82) is 0 Å². The van der Waals surface area contributed by atoms with Gasteiger partial charge in [-0.1, -0.05) is 30.3 Å². The van der Waals surface area contributed by atoms with Crippen LogP contribution >= 0.6 is 0 Å². The highest BCUT2D eigenvalue weighted by atomic mass is 32.2. The first-order valence-corrected chi connectivity index (χ1v) is 11.2. The van der Waals surface area contributed by atoms with Crippen molar-refractivity contribution in [2.24, 2.45) is 5.14 Å². The number of hydrogen-bond acceptors (Lipinski definition) is 5. The van der Waals surface area contributed by atoms with Gasteiger partial charge in [0.05, 0.1) is 17.6 Å². The second kappa shape index (κ2) is 9.39. The SMILES string of the molecule is COc1ccc(S(N)(=O)=O)cc1C(=O)NC[C@@H]1CCCN1CCc1ccccc1. The monoisotopic (exact) mass is 417 g/mol. The molecule has 1 heterocycles. The molecule has 7 nitrogen and oxygen atoms in total. The first-order valence-electron chi connectivity index (χ1n) is 9.65. The predicted octanol–water partition coefficient (Wildman–Crippen LogP) is 1.78. The summed E-state index contributed by atoms with van der Waals surface area (Å²) in [6.07, 6.45) is 3.08. The molecule has 1 amide bonds. The van der Waals surface area contributed by atoms with E-state index in [0.717, 1.165) is 32.4 Å². The Balaban J connectivity index is 1.62. The molecule has 1 fully saturated rings. The van der Waals surface area contributed by atoms with Crippen LogP contribution in [0.15, 0.2) is 53.4 Å². The molecule has 0 saturated carbocycles. The molecule has 156 valence electrons. The maximum atomic E-state index is 12.7. The largest absolute Gasteiger partial charge is 0.496 e. The number of carbonyl (C=O) groups is 1. The van der Waals surface area contributed by atoms with Gasteiger partial charge in [-0.15, -0.1) is 0 Å². The molecule has 0 radical (unpaired) electrons. The summed E-state index contributed by atoms with van der Waals surface area (Å²) in [5, 5.41) is 8.11. The first-order chi connectivity index (χ1) is 13.9. The van der Waals surface area contributed by atoms with Crippen molar-refractivity contribution < 1.29 is 17.9 Å². The van der Waals surface area contributed by atoms with Crippen LogP contribution in [0.1, 0.15) is 28.8 Å². The third-order valence-corrected chi connectivity index (χ3v) is 6.18. The van der Waals surface area contributed by atoms with Gasteiger partial charge < -0.3 is 10.1 Å². The molecular weight excluding hydrogens is 390 g/mol. The number of nitrogens with zero attached hydrogens (tertiary/aromatic N) is 1. The van der Waals surface area contributed by atoms with Crippen molar-refractivity contribution in [3.63, 3.8) is 0 Å². The average Bonchev–Trinajstić information content (AvgIpc) is 3.17. The van der Waals surface area contributed by atoms with Crippen LogP contribution in [-0.2, 0) is 16.4 Å². The Bertz CT molecular complexity index is 948. The Morgan fingerprint density at radius 1 is 1.24 bits per heavy atom. The van der Waals surface area contributed by atoms with Gasteiger partial charge in [0.25, 0.3) is 5.91 Å². The number of methoxy groups -OCH3 is 1. The topological polar surface area (TPSA) is 102 Å². The van der Waals surface area contributed by atoms with E-state index in [1.54, 1.807) is 0 Å². The number of primary sulfonamides is 1. The summed E-state index contributed by atoms with van der Waals surface area (Å²) in [5.41, 5.74) is 1.46. The molecule has 1 aliphatic heterocycles. The Kier molecular flexibility index (Phi) is 6.89. The maximum Gasteiger partial charge on any atom is 0.255 e. The third-order valence-electron chi connectivity index (χ3n) is 5.27. The minimum absolute atomic E-state index is 0.117. The smallest absolute Gasteiger partial charge is 0.255 e. The number of hydrogen-bond donors (Lipinski definition) is 2. The van der Waals surface area contributed by atoms with E-state index >= 15 is 0 Å². The summed E-state index contributed by atoms with van der Waals surface area (Å²) in [4.78, 5) is 15.0. The molecular formula is C21H27N3O4S. The van der Waals surface area contributed by atoms with E-state index in [1.165, 1.54) is 30.9 Å². The highest BCUT2D eigenvalue weighted by molar-refractivity contribution is 7.89. The lowest BCUT2D eigenvalue weighted by Crippen LogP contribution is -2.41. The van der Waals surface area contributed by atoms with Crippen LogP contribution in [0.25, 0.3) is 0 Å². The number of carbonyl (C=O) groups excluding carboxylic acids is 1. The van der Waals surface area contributed by atoms with E-state index in [1.807, 2.05) is 18.2 Å². The van der Waals surface area contributed by atoms with Gasteiger partial charge in [-0.3, -0.25) is 9.69 Å². The van der Waals surface area contributed by atoms with Gasteiger partial charge in [-0.2, -0.15) is 0 Å². The van der Waals surface area contributed by atoms with Gasteiger partial charge in [0.1, 0.15) is 5.75 Å². The average molecular weight is 418 g/mol. The zero-order chi connectivity index (χ0) is 20.9. The molecule has 29 heavy (non-hydrogen) atoms. The van der Waals surface area contributed by atoms with E-state index < -0.39 is 10.0 Å². The van der Waals surface area contributed by atoms with Crippen LogP contribution in [0.4, 0.5) is 0 Å². The number of rotatable bonds is 8. The fourth-order valence-electron chi connectivity index (χ4n) is 3.69. The molecule has 1 atom stereocenters. The van der Waals surface area contributed by atoms with Crippen molar-refractivity contribution >= 4 is 15.9 Å². The lowest BCUT2D eigenvalue weighted by atomic mass is 10.1. The van der Waals surface area contributed by atoms with Crippen LogP contribution in [0.3, 0.4) is 0 Å². The molecule has 0 aliphatic carbocycles. The summed E-state index contributed by atoms with van der Waals surface area (Å²) in [6.45, 7) is 2.45. The molecule has 8 heteroatoms. The van der Waals surface area contributed by atoms with Crippen LogP contribution in [0, 0.1) is 0 Å². The van der Waals surface area contributed by atoms with Crippen LogP contribution < -0.4 is 15.2 Å². The van der Waals surface area contributed by atoms with Gasteiger partial charge in [0.15, 0.2) is 0 Å². The van der Waals surface area contributed by atoms with Gasteiger partial charge in [-0.05, 0) is 49.6 Å². The van der Waals surface area contributed by atoms with Gasteiger partial charge in [-0.25, -0.2) is 13.6 Å². The van der Waals surface area contributed by atoms with E-state index in [-0.39, 0.29) is 22.4 Å². The fourth-order valence-corrected chi connectivity index (χ4v) is 4.23. The van der Waals surface area contributed by atoms with Crippen molar-refractivity contribution in [3.8, 4) is 5.75 Å². The lowest BCUT2D eigenvalue weighted by molar-refractivity contribution is 0.0937. The van der Waals surface area contributed by atoms with Crippen LogP contribution in [-0.4, -0.2) is 52.0 Å². The Morgan fingerprint density at radius 3 is 2.69 bits per heavy atom. The first kappa shape index (κ1) is 21.3. The van der Waals surface area contributed by atoms with Crippen LogP contribution in [0.5, 0.6) is 5.75 Å². The highest BCUT2D eigenvalue weighted by Crippen LogP contribution is 2.22. The second-order valence-corrected chi connectivity index (χ2v) is 8.75. The molecule has 0 spiro atoms. The number of sulfonamides is 1. The Morgan fingerprint density at radius 2 is 2.00 bits per heavy atom. The molecule has 2 aromatic rings. The number of nitrogens with one attached hydrogen (secondary N) is 1. The van der Waals surface area contributed by atoms with Crippen LogP contribution in [0.2, 0.25) is 0 Å². The quantitative estimate of drug-likeness (QED) is 0.682. The van der Waals surface area contributed by atoms with Gasteiger partial charge in [0.2, 0.25) is 10.0 Å². The molecule has 2 aromatic carbocycles. The summed E-state index contributed by atoms with van der Waals surface area (Å²) in [5.74, 6) is -0.0653. The minimum Gasteiger partial charge on any atom is -0.496 e. The summed E-state index contributed by atoms with van der Waals surface area (Å²) in [6, 6.07) is 14.6. The zero-order valence-electron chi connectivity index (χ0n) is 16.5. The van der Waals surface area contributed by atoms with Gasteiger partial charge in [0, 0.05) is 19.1 Å². The number of likely N-dealkylation sites (tertiary alicyclic amines) is 1. The molecule has 1 aliphatic rings.